The highest BCUT2D eigenvalue weighted by Crippen LogP contribution is 2.52. The number of nitrogens with one attached hydrogen (secondary N) is 1. The van der Waals surface area contributed by atoms with Crippen LogP contribution >= 0.6 is 34.5 Å². The molecule has 55 heavy (non-hydrogen) atoms. The van der Waals surface area contributed by atoms with Crippen LogP contribution in [0, 0.1) is 28.9 Å². The maximum absolute atomic E-state index is 17.4. The zero-order chi connectivity index (χ0) is 38.3. The van der Waals surface area contributed by atoms with Crippen molar-refractivity contribution in [3.8, 4) is 29.0 Å². The van der Waals surface area contributed by atoms with Crippen LogP contribution in [0.3, 0.4) is 0 Å². The van der Waals surface area contributed by atoms with Crippen molar-refractivity contribution in [2.45, 2.75) is 62.3 Å². The number of benzene rings is 2. The number of rotatable bonds is 6. The Labute approximate surface area is 326 Å². The Balaban J connectivity index is 1.19. The minimum Gasteiger partial charge on any atom is -0.489 e. The molecule has 4 aliphatic heterocycles. The summed E-state index contributed by atoms with van der Waals surface area (Å²) in [5.74, 6) is -0.858. The molecule has 0 aliphatic carbocycles. The molecular weight excluding hydrogens is 780 g/mol. The molecule has 2 aromatic carbocycles. The largest absolute Gasteiger partial charge is 0.489 e. The van der Waals surface area contributed by atoms with E-state index in [2.05, 4.69) is 25.3 Å². The summed E-state index contributed by atoms with van der Waals surface area (Å²) in [4.78, 5) is 30.8. The number of nitrogen functional groups attached to an aromatic ring is 1. The number of fused-ring (bicyclic) bond motifs is 4. The zero-order valence-corrected chi connectivity index (χ0v) is 31.6. The fourth-order valence-electron chi connectivity index (χ4n) is 8.86. The highest BCUT2D eigenvalue weighted by Gasteiger charge is 2.50. The number of alkyl halides is 2. The number of amides is 1. The summed E-state index contributed by atoms with van der Waals surface area (Å²) in [6.45, 7) is 3.52. The minimum atomic E-state index is -0.994. The molecule has 286 valence electrons. The Hall–Kier alpha value is -4.63. The zero-order valence-electron chi connectivity index (χ0n) is 29.3. The van der Waals surface area contributed by atoms with Gasteiger partial charge in [0.25, 0.3) is 0 Å². The number of ether oxygens (including phenoxy) is 2. The number of nitriles is 1. The minimum absolute atomic E-state index is 0.00355. The monoisotopic (exact) mass is 812 g/mol. The van der Waals surface area contributed by atoms with Crippen LogP contribution < -0.4 is 25.4 Å². The maximum atomic E-state index is 17.4. The number of nitrogens with two attached hydrogens (primary N) is 1. The van der Waals surface area contributed by atoms with Crippen LogP contribution in [0.4, 0.5) is 28.8 Å². The predicted molar refractivity (Wildman–Crippen MR) is 201 cm³/mol. The van der Waals surface area contributed by atoms with Crippen molar-refractivity contribution < 1.29 is 27.4 Å². The van der Waals surface area contributed by atoms with Gasteiger partial charge in [-0.25, -0.2) is 22.9 Å². The molecule has 0 radical (unpaired) electrons. The topological polar surface area (TPSA) is 160 Å². The first kappa shape index (κ1) is 36.0. The lowest BCUT2D eigenvalue weighted by Crippen LogP contribution is -2.57. The third-order valence-electron chi connectivity index (χ3n) is 11.4. The summed E-state index contributed by atoms with van der Waals surface area (Å²) < 4.78 is 61.2. The van der Waals surface area contributed by atoms with Crippen LogP contribution in [0.1, 0.15) is 44.0 Å². The van der Waals surface area contributed by atoms with E-state index in [0.29, 0.717) is 25.2 Å². The standard InChI is InChI=1S/C36H33Cl2F3N10O3S/c1-16-7-18(45-35(52)51-15-44-23(9-37)48-51)12-50-22(16)13-53-30-26-29(46-34(47-33(26)50)54-14-36-5-2-6-49(36)11-17(39)8-36)28(41)25(27(30)38)19-3-4-21(40)31-24(19)20(10-42)32(43)55-31/h3-4,15-18,22H,2,5-9,11-14,43H2,1H3,(H,45,52)/t16?,17-,18?,22-,36+/m1/s1. The van der Waals surface area contributed by atoms with Gasteiger partial charge in [0, 0.05) is 36.5 Å². The summed E-state index contributed by atoms with van der Waals surface area (Å²) in [5, 5.41) is 17.4. The van der Waals surface area contributed by atoms with E-state index in [4.69, 9.17) is 43.4 Å². The molecule has 3 saturated heterocycles. The summed E-state index contributed by atoms with van der Waals surface area (Å²) in [5.41, 5.74) is 5.39. The summed E-state index contributed by atoms with van der Waals surface area (Å²) in [6.07, 6.45) is 2.78. The molecule has 0 saturated carbocycles. The Morgan fingerprint density at radius 3 is 2.89 bits per heavy atom. The van der Waals surface area contributed by atoms with Gasteiger partial charge in [0.15, 0.2) is 17.4 Å². The van der Waals surface area contributed by atoms with Crippen molar-refractivity contribution in [3.63, 3.8) is 0 Å². The molecule has 5 atom stereocenters. The van der Waals surface area contributed by atoms with Gasteiger partial charge in [-0.2, -0.15) is 19.9 Å². The third-order valence-corrected chi connectivity index (χ3v) is 13.0. The molecule has 0 bridgehead atoms. The van der Waals surface area contributed by atoms with Gasteiger partial charge in [-0.05, 0) is 43.4 Å². The lowest BCUT2D eigenvalue weighted by molar-refractivity contribution is 0.107. The molecule has 4 aliphatic rings. The quantitative estimate of drug-likeness (QED) is 0.182. The van der Waals surface area contributed by atoms with E-state index in [0.717, 1.165) is 35.4 Å². The normalized spacial score (nSPS) is 24.7. The van der Waals surface area contributed by atoms with E-state index in [9.17, 15) is 14.4 Å². The van der Waals surface area contributed by atoms with E-state index >= 15 is 8.78 Å². The number of carbonyl (C=O) groups excluding carboxylic acids is 1. The highest BCUT2D eigenvalue weighted by molar-refractivity contribution is 7.23. The number of aromatic nitrogens is 5. The Morgan fingerprint density at radius 1 is 1.27 bits per heavy atom. The number of piperidine rings is 1. The average molecular weight is 814 g/mol. The van der Waals surface area contributed by atoms with Crippen molar-refractivity contribution in [2.24, 2.45) is 5.92 Å². The number of hydrogen-bond donors (Lipinski definition) is 2. The molecule has 1 amide bonds. The molecule has 5 aromatic rings. The van der Waals surface area contributed by atoms with Crippen molar-refractivity contribution in [2.75, 3.05) is 43.5 Å². The average Bonchev–Trinajstić information content (AvgIpc) is 3.92. The fourth-order valence-corrected chi connectivity index (χ4v) is 10.3. The van der Waals surface area contributed by atoms with Crippen LogP contribution in [0.15, 0.2) is 18.5 Å². The Morgan fingerprint density at radius 2 is 2.11 bits per heavy atom. The Kier molecular flexibility index (Phi) is 8.87. The van der Waals surface area contributed by atoms with Gasteiger partial charge in [0.2, 0.25) is 0 Å². The van der Waals surface area contributed by atoms with Crippen LogP contribution in [0.2, 0.25) is 5.02 Å². The molecule has 2 unspecified atom stereocenters. The first-order valence-electron chi connectivity index (χ1n) is 17.8. The van der Waals surface area contributed by atoms with E-state index in [-0.39, 0.29) is 103 Å². The molecule has 9 rings (SSSR count). The maximum Gasteiger partial charge on any atom is 0.343 e. The van der Waals surface area contributed by atoms with Crippen LogP contribution in [0.5, 0.6) is 11.8 Å². The van der Waals surface area contributed by atoms with Crippen molar-refractivity contribution in [1.82, 2.24) is 34.9 Å². The number of thiophene rings is 1. The summed E-state index contributed by atoms with van der Waals surface area (Å²) in [7, 11) is 0. The molecule has 3 fully saturated rings. The van der Waals surface area contributed by atoms with Crippen LogP contribution in [-0.4, -0.2) is 92.3 Å². The number of carbonyl (C=O) groups is 1. The fraction of sp³-hybridized carbons (Fsp3) is 0.444. The van der Waals surface area contributed by atoms with Gasteiger partial charge in [-0.15, -0.1) is 28.0 Å². The number of anilines is 2. The highest BCUT2D eigenvalue weighted by atomic mass is 35.5. The first-order valence-corrected chi connectivity index (χ1v) is 19.6. The second kappa shape index (κ2) is 13.5. The van der Waals surface area contributed by atoms with E-state index in [1.54, 1.807) is 0 Å². The lowest BCUT2D eigenvalue weighted by Gasteiger charge is -2.43. The van der Waals surface area contributed by atoms with Gasteiger partial charge in [0.05, 0.1) is 38.1 Å². The van der Waals surface area contributed by atoms with E-state index in [1.807, 2.05) is 17.9 Å². The molecule has 7 heterocycles. The molecule has 0 spiro atoms. The van der Waals surface area contributed by atoms with Crippen molar-refractivity contribution in [1.29, 1.82) is 5.26 Å². The number of nitrogens with zero attached hydrogens (tertiary/aromatic N) is 8. The lowest BCUT2D eigenvalue weighted by atomic mass is 9.88. The SMILES string of the molecule is CC1CC(NC(=O)n2cnc(CCl)n2)CN2c3nc(OC[C@@]45CCCN4C[C@H](F)C5)nc4c(F)c(-c5ccc(F)c6sc(N)c(C#N)c56)c(Cl)c(c34)OC[C@H]12. The van der Waals surface area contributed by atoms with Crippen LogP contribution in [0.25, 0.3) is 32.1 Å². The van der Waals surface area contributed by atoms with Crippen LogP contribution in [-0.2, 0) is 5.88 Å². The van der Waals surface area contributed by atoms with E-state index < -0.39 is 35.4 Å². The van der Waals surface area contributed by atoms with Crippen molar-refractivity contribution >= 4 is 72.4 Å². The summed E-state index contributed by atoms with van der Waals surface area (Å²) >= 11 is 13.9. The molecule has 19 heteroatoms. The van der Waals surface area contributed by atoms with Gasteiger partial charge >= 0.3 is 12.0 Å². The Bertz CT molecular complexity index is 2440. The second-order valence-corrected chi connectivity index (χ2v) is 16.3. The molecule has 3 aromatic heterocycles. The summed E-state index contributed by atoms with van der Waals surface area (Å²) in [6, 6.07) is 3.20. The number of halogens is 5. The second-order valence-electron chi connectivity index (χ2n) is 14.6. The first-order chi connectivity index (χ1) is 26.5. The van der Waals surface area contributed by atoms with Gasteiger partial charge < -0.3 is 25.4 Å². The van der Waals surface area contributed by atoms with Crippen molar-refractivity contribution in [3.05, 3.63) is 46.5 Å². The number of hydrogen-bond acceptors (Lipinski definition) is 12. The molecule has 13 nitrogen and oxygen atoms in total. The van der Waals surface area contributed by atoms with Gasteiger partial charge in [-0.1, -0.05) is 24.6 Å². The smallest absolute Gasteiger partial charge is 0.343 e. The predicted octanol–water partition coefficient (Wildman–Crippen LogP) is 6.42. The molecular formula is C36H33Cl2F3N10O3S. The van der Waals surface area contributed by atoms with E-state index in [1.165, 1.54) is 18.5 Å². The van der Waals surface area contributed by atoms with Gasteiger partial charge in [-0.3, -0.25) is 4.90 Å². The third kappa shape index (κ3) is 5.79. The molecule has 3 N–H and O–H groups in total. The van der Waals surface area contributed by atoms with Gasteiger partial charge in [0.1, 0.15) is 53.9 Å².